The molecule has 0 atom stereocenters. The van der Waals surface area contributed by atoms with Gasteiger partial charge in [-0.3, -0.25) is 0 Å². The number of hydrogen-bond acceptors (Lipinski definition) is 4. The fraction of sp³-hybridized carbons (Fsp3) is 0.733. The van der Waals surface area contributed by atoms with E-state index in [1.165, 1.54) is 12.8 Å². The molecule has 0 aliphatic carbocycles. The predicted molar refractivity (Wildman–Crippen MR) is 79.8 cm³/mol. The Morgan fingerprint density at radius 1 is 1.32 bits per heavy atom. The van der Waals surface area contributed by atoms with Gasteiger partial charge in [0, 0.05) is 30.5 Å². The molecule has 0 amide bonds. The summed E-state index contributed by atoms with van der Waals surface area (Å²) >= 11 is 0. The monoisotopic (exact) mass is 262 g/mol. The highest BCUT2D eigenvalue weighted by Gasteiger charge is 2.20. The molecule has 4 heteroatoms. The van der Waals surface area contributed by atoms with Crippen LogP contribution in [0.1, 0.15) is 50.9 Å². The van der Waals surface area contributed by atoms with Crippen LogP contribution in [0.3, 0.4) is 0 Å². The second-order valence-corrected chi connectivity index (χ2v) is 5.71. The second kappa shape index (κ2) is 6.33. The molecule has 1 aromatic heterocycles. The number of piperidine rings is 1. The zero-order valence-electron chi connectivity index (χ0n) is 12.6. The highest BCUT2D eigenvalue weighted by Crippen LogP contribution is 2.20. The maximum atomic E-state index is 4.72. The Balaban J connectivity index is 2.06. The van der Waals surface area contributed by atoms with E-state index in [0.717, 1.165) is 37.0 Å². The summed E-state index contributed by atoms with van der Waals surface area (Å²) in [6.45, 7) is 11.8. The highest BCUT2D eigenvalue weighted by atomic mass is 15.3. The number of rotatable bonds is 4. The Morgan fingerprint density at radius 2 is 2.00 bits per heavy atom. The molecule has 2 rings (SSSR count). The maximum absolute atomic E-state index is 4.72. The SMILES string of the molecule is CCNC1CCN(c2nc(C)cc(C(C)C)n2)CC1. The molecule has 1 aliphatic heterocycles. The molecule has 0 radical (unpaired) electrons. The molecule has 1 aliphatic rings. The lowest BCUT2D eigenvalue weighted by Crippen LogP contribution is -2.43. The molecule has 0 spiro atoms. The van der Waals surface area contributed by atoms with Gasteiger partial charge in [-0.15, -0.1) is 0 Å². The van der Waals surface area contributed by atoms with Crippen LogP contribution in [0.25, 0.3) is 0 Å². The van der Waals surface area contributed by atoms with E-state index in [1.807, 2.05) is 0 Å². The fourth-order valence-corrected chi connectivity index (χ4v) is 2.59. The van der Waals surface area contributed by atoms with Gasteiger partial charge in [0.15, 0.2) is 0 Å². The van der Waals surface area contributed by atoms with Crippen LogP contribution in [0.5, 0.6) is 0 Å². The van der Waals surface area contributed by atoms with Crippen molar-refractivity contribution in [2.75, 3.05) is 24.5 Å². The molecular weight excluding hydrogens is 236 g/mol. The van der Waals surface area contributed by atoms with Crippen molar-refractivity contribution in [1.82, 2.24) is 15.3 Å². The fourth-order valence-electron chi connectivity index (χ4n) is 2.59. The topological polar surface area (TPSA) is 41.0 Å². The molecule has 1 aromatic rings. The summed E-state index contributed by atoms with van der Waals surface area (Å²) < 4.78 is 0. The van der Waals surface area contributed by atoms with Crippen molar-refractivity contribution in [2.24, 2.45) is 0 Å². The summed E-state index contributed by atoms with van der Waals surface area (Å²) in [6, 6.07) is 2.76. The van der Waals surface area contributed by atoms with E-state index < -0.39 is 0 Å². The molecule has 1 N–H and O–H groups in total. The Bertz CT molecular complexity index is 409. The molecule has 19 heavy (non-hydrogen) atoms. The van der Waals surface area contributed by atoms with Crippen LogP contribution >= 0.6 is 0 Å². The van der Waals surface area contributed by atoms with E-state index in [2.05, 4.69) is 49.0 Å². The molecule has 0 unspecified atom stereocenters. The van der Waals surface area contributed by atoms with Crippen LogP contribution in [0.2, 0.25) is 0 Å². The van der Waals surface area contributed by atoms with Gasteiger partial charge in [0.1, 0.15) is 0 Å². The molecule has 0 saturated carbocycles. The van der Waals surface area contributed by atoms with E-state index in [9.17, 15) is 0 Å². The summed E-state index contributed by atoms with van der Waals surface area (Å²) in [5.41, 5.74) is 2.22. The molecule has 0 aromatic carbocycles. The van der Waals surface area contributed by atoms with Gasteiger partial charge in [0.25, 0.3) is 0 Å². The quantitative estimate of drug-likeness (QED) is 0.905. The number of nitrogens with zero attached hydrogens (tertiary/aromatic N) is 3. The van der Waals surface area contributed by atoms with E-state index >= 15 is 0 Å². The molecule has 106 valence electrons. The summed E-state index contributed by atoms with van der Waals surface area (Å²) in [5, 5.41) is 3.53. The average molecular weight is 262 g/mol. The van der Waals surface area contributed by atoms with Crippen molar-refractivity contribution >= 4 is 5.95 Å². The van der Waals surface area contributed by atoms with Gasteiger partial charge in [0.05, 0.1) is 0 Å². The Hall–Kier alpha value is -1.16. The van der Waals surface area contributed by atoms with Crippen molar-refractivity contribution in [3.8, 4) is 0 Å². The van der Waals surface area contributed by atoms with Crippen molar-refractivity contribution in [3.05, 3.63) is 17.5 Å². The van der Waals surface area contributed by atoms with Gasteiger partial charge in [-0.2, -0.15) is 0 Å². The zero-order chi connectivity index (χ0) is 13.8. The lowest BCUT2D eigenvalue weighted by atomic mass is 10.1. The largest absolute Gasteiger partial charge is 0.341 e. The normalized spacial score (nSPS) is 17.2. The van der Waals surface area contributed by atoms with Gasteiger partial charge >= 0.3 is 0 Å². The van der Waals surface area contributed by atoms with E-state index in [4.69, 9.17) is 4.98 Å². The first-order chi connectivity index (χ1) is 9.10. The second-order valence-electron chi connectivity index (χ2n) is 5.71. The lowest BCUT2D eigenvalue weighted by molar-refractivity contribution is 0.420. The van der Waals surface area contributed by atoms with Crippen molar-refractivity contribution < 1.29 is 0 Å². The summed E-state index contributed by atoms with van der Waals surface area (Å²) in [6.07, 6.45) is 2.37. The Morgan fingerprint density at radius 3 is 2.58 bits per heavy atom. The van der Waals surface area contributed by atoms with E-state index in [0.29, 0.717) is 12.0 Å². The van der Waals surface area contributed by atoms with Gasteiger partial charge in [-0.1, -0.05) is 20.8 Å². The smallest absolute Gasteiger partial charge is 0.225 e. The third-order valence-corrected chi connectivity index (χ3v) is 3.72. The lowest BCUT2D eigenvalue weighted by Gasteiger charge is -2.32. The molecular formula is C15H26N4. The minimum absolute atomic E-state index is 0.458. The van der Waals surface area contributed by atoms with Gasteiger partial charge < -0.3 is 10.2 Å². The molecule has 4 nitrogen and oxygen atoms in total. The molecule has 1 saturated heterocycles. The number of aromatic nitrogens is 2. The number of anilines is 1. The highest BCUT2D eigenvalue weighted by molar-refractivity contribution is 5.33. The van der Waals surface area contributed by atoms with E-state index in [-0.39, 0.29) is 0 Å². The summed E-state index contributed by atoms with van der Waals surface area (Å²) in [5.74, 6) is 1.37. The first-order valence-corrected chi connectivity index (χ1v) is 7.44. The number of hydrogen-bond donors (Lipinski definition) is 1. The van der Waals surface area contributed by atoms with Crippen molar-refractivity contribution in [1.29, 1.82) is 0 Å². The molecule has 1 fully saturated rings. The molecule has 0 bridgehead atoms. The molecule has 2 heterocycles. The Kier molecular flexibility index (Phi) is 4.75. The van der Waals surface area contributed by atoms with Crippen LogP contribution in [0.15, 0.2) is 6.07 Å². The summed E-state index contributed by atoms with van der Waals surface area (Å²) in [7, 11) is 0. The summed E-state index contributed by atoms with van der Waals surface area (Å²) in [4.78, 5) is 11.7. The maximum Gasteiger partial charge on any atom is 0.225 e. The predicted octanol–water partition coefficient (Wildman–Crippen LogP) is 2.49. The van der Waals surface area contributed by atoms with Crippen LogP contribution in [0.4, 0.5) is 5.95 Å². The third-order valence-electron chi connectivity index (χ3n) is 3.72. The minimum atomic E-state index is 0.458. The van der Waals surface area contributed by atoms with Gasteiger partial charge in [-0.25, -0.2) is 9.97 Å². The standard InChI is InChI=1S/C15H26N4/c1-5-16-13-6-8-19(9-7-13)15-17-12(4)10-14(18-15)11(2)3/h10-11,13,16H,5-9H2,1-4H3. The van der Waals surface area contributed by atoms with Crippen LogP contribution in [-0.2, 0) is 0 Å². The number of aryl methyl sites for hydroxylation is 1. The first kappa shape index (κ1) is 14.3. The van der Waals surface area contributed by atoms with Crippen LogP contribution < -0.4 is 10.2 Å². The van der Waals surface area contributed by atoms with Gasteiger partial charge in [-0.05, 0) is 38.3 Å². The third kappa shape index (κ3) is 3.66. The minimum Gasteiger partial charge on any atom is -0.341 e. The van der Waals surface area contributed by atoms with E-state index in [1.54, 1.807) is 0 Å². The first-order valence-electron chi connectivity index (χ1n) is 7.44. The van der Waals surface area contributed by atoms with Gasteiger partial charge in [0.2, 0.25) is 5.95 Å². The Labute approximate surface area is 116 Å². The van der Waals surface area contributed by atoms with Crippen molar-refractivity contribution in [2.45, 2.75) is 52.5 Å². The van der Waals surface area contributed by atoms with Crippen LogP contribution in [-0.4, -0.2) is 35.6 Å². The zero-order valence-corrected chi connectivity index (χ0v) is 12.6. The van der Waals surface area contributed by atoms with Crippen LogP contribution in [0, 0.1) is 6.92 Å². The number of nitrogens with one attached hydrogen (secondary N) is 1. The van der Waals surface area contributed by atoms with Crippen molar-refractivity contribution in [3.63, 3.8) is 0 Å². The average Bonchev–Trinajstić information content (AvgIpc) is 2.39.